The van der Waals surface area contributed by atoms with Crippen LogP contribution in [0.4, 0.5) is 5.69 Å². The molecule has 3 heteroatoms. The van der Waals surface area contributed by atoms with E-state index in [2.05, 4.69) is 24.8 Å². The number of hydrogen-bond acceptors (Lipinski definition) is 2. The van der Waals surface area contributed by atoms with Crippen LogP contribution >= 0.6 is 11.6 Å². The highest BCUT2D eigenvalue weighted by molar-refractivity contribution is 6.30. The van der Waals surface area contributed by atoms with Gasteiger partial charge < -0.3 is 10.0 Å². The van der Waals surface area contributed by atoms with Crippen LogP contribution in [0.1, 0.15) is 38.7 Å². The molecule has 0 amide bonds. The molecule has 2 rings (SSSR count). The first kappa shape index (κ1) is 12.7. The summed E-state index contributed by atoms with van der Waals surface area (Å²) in [5.74, 6) is 0.395. The van der Waals surface area contributed by atoms with Crippen molar-refractivity contribution in [3.05, 3.63) is 28.8 Å². The second kappa shape index (κ2) is 4.87. The standard InChI is InChI=1S/C14H20ClNO/c1-9(2)16-8-11(6-10(3)17)13-7-12(15)4-5-14(13)16/h4-5,7,9-11,17H,6,8H2,1-3H3. The lowest BCUT2D eigenvalue weighted by atomic mass is 9.96. The number of hydrogen-bond donors (Lipinski definition) is 1. The zero-order valence-corrected chi connectivity index (χ0v) is 11.4. The Balaban J connectivity index is 2.34. The van der Waals surface area contributed by atoms with E-state index in [1.807, 2.05) is 19.1 Å². The van der Waals surface area contributed by atoms with Crippen molar-refractivity contribution in [2.45, 2.75) is 45.3 Å². The lowest BCUT2D eigenvalue weighted by Crippen LogP contribution is -2.29. The molecule has 1 aliphatic rings. The van der Waals surface area contributed by atoms with Crippen LogP contribution in [0.15, 0.2) is 18.2 Å². The largest absolute Gasteiger partial charge is 0.393 e. The fraction of sp³-hybridized carbons (Fsp3) is 0.571. The van der Waals surface area contributed by atoms with Crippen molar-refractivity contribution < 1.29 is 5.11 Å². The van der Waals surface area contributed by atoms with Crippen LogP contribution in [0.2, 0.25) is 5.02 Å². The predicted octanol–water partition coefficient (Wildman–Crippen LogP) is 3.42. The monoisotopic (exact) mass is 253 g/mol. The van der Waals surface area contributed by atoms with E-state index in [0.717, 1.165) is 18.0 Å². The molecule has 0 bridgehead atoms. The highest BCUT2D eigenvalue weighted by Gasteiger charge is 2.30. The molecule has 1 aromatic carbocycles. The van der Waals surface area contributed by atoms with Crippen LogP contribution in [-0.2, 0) is 0 Å². The summed E-state index contributed by atoms with van der Waals surface area (Å²) < 4.78 is 0. The van der Waals surface area contributed by atoms with E-state index >= 15 is 0 Å². The normalized spacial score (nSPS) is 20.8. The third-order valence-corrected chi connectivity index (χ3v) is 3.64. The molecule has 1 aliphatic heterocycles. The van der Waals surface area contributed by atoms with Gasteiger partial charge in [0, 0.05) is 29.2 Å². The molecule has 1 N–H and O–H groups in total. The molecule has 1 aromatic rings. The van der Waals surface area contributed by atoms with Gasteiger partial charge in [0.25, 0.3) is 0 Å². The second-order valence-corrected chi connectivity index (χ2v) is 5.67. The Morgan fingerprint density at radius 2 is 2.12 bits per heavy atom. The van der Waals surface area contributed by atoms with Crippen molar-refractivity contribution >= 4 is 17.3 Å². The van der Waals surface area contributed by atoms with E-state index in [1.54, 1.807) is 0 Å². The van der Waals surface area contributed by atoms with Crippen LogP contribution < -0.4 is 4.90 Å². The SMILES string of the molecule is CC(O)CC1CN(C(C)C)c2ccc(Cl)cc21. The summed E-state index contributed by atoms with van der Waals surface area (Å²) in [7, 11) is 0. The molecule has 2 atom stereocenters. The van der Waals surface area contributed by atoms with E-state index in [-0.39, 0.29) is 6.10 Å². The molecule has 0 saturated carbocycles. The lowest BCUT2D eigenvalue weighted by molar-refractivity contribution is 0.176. The number of nitrogens with zero attached hydrogens (tertiary/aromatic N) is 1. The van der Waals surface area contributed by atoms with Crippen LogP contribution in [0.3, 0.4) is 0 Å². The minimum atomic E-state index is -0.265. The number of rotatable bonds is 3. The van der Waals surface area contributed by atoms with Crippen LogP contribution in [-0.4, -0.2) is 23.8 Å². The maximum Gasteiger partial charge on any atom is 0.0518 e. The smallest absolute Gasteiger partial charge is 0.0518 e. The van der Waals surface area contributed by atoms with Gasteiger partial charge in [-0.1, -0.05) is 11.6 Å². The number of halogens is 1. The molecule has 94 valence electrons. The van der Waals surface area contributed by atoms with E-state index in [4.69, 9.17) is 11.6 Å². The zero-order chi connectivity index (χ0) is 12.6. The molecule has 2 nitrogen and oxygen atoms in total. The van der Waals surface area contributed by atoms with Gasteiger partial charge in [-0.3, -0.25) is 0 Å². The maximum atomic E-state index is 9.58. The quantitative estimate of drug-likeness (QED) is 0.892. The topological polar surface area (TPSA) is 23.5 Å². The molecule has 0 radical (unpaired) electrons. The summed E-state index contributed by atoms with van der Waals surface area (Å²) >= 11 is 6.07. The minimum absolute atomic E-state index is 0.265. The third-order valence-electron chi connectivity index (χ3n) is 3.40. The summed E-state index contributed by atoms with van der Waals surface area (Å²) in [4.78, 5) is 2.39. The van der Waals surface area contributed by atoms with Gasteiger partial charge >= 0.3 is 0 Å². The van der Waals surface area contributed by atoms with E-state index in [0.29, 0.717) is 12.0 Å². The maximum absolute atomic E-state index is 9.58. The first-order valence-electron chi connectivity index (χ1n) is 6.23. The summed E-state index contributed by atoms with van der Waals surface area (Å²) in [5.41, 5.74) is 2.56. The number of fused-ring (bicyclic) bond motifs is 1. The van der Waals surface area contributed by atoms with Crippen molar-refractivity contribution in [2.75, 3.05) is 11.4 Å². The molecule has 0 spiro atoms. The molecule has 0 fully saturated rings. The van der Waals surface area contributed by atoms with Gasteiger partial charge in [-0.15, -0.1) is 0 Å². The van der Waals surface area contributed by atoms with Crippen LogP contribution in [0, 0.1) is 0 Å². The molecule has 2 unspecified atom stereocenters. The molecule has 0 aromatic heterocycles. The Hall–Kier alpha value is -0.730. The first-order valence-corrected chi connectivity index (χ1v) is 6.61. The van der Waals surface area contributed by atoms with Gasteiger partial charge in [-0.2, -0.15) is 0 Å². The molecular weight excluding hydrogens is 234 g/mol. The van der Waals surface area contributed by atoms with Crippen molar-refractivity contribution in [2.24, 2.45) is 0 Å². The van der Waals surface area contributed by atoms with Crippen molar-refractivity contribution in [3.63, 3.8) is 0 Å². The molecule has 0 saturated heterocycles. The fourth-order valence-corrected chi connectivity index (χ4v) is 2.83. The van der Waals surface area contributed by atoms with Gasteiger partial charge in [0.15, 0.2) is 0 Å². The summed E-state index contributed by atoms with van der Waals surface area (Å²) in [5, 5.41) is 10.4. The summed E-state index contributed by atoms with van der Waals surface area (Å²) in [6, 6.07) is 6.57. The van der Waals surface area contributed by atoms with Gasteiger partial charge in [-0.25, -0.2) is 0 Å². The molecular formula is C14H20ClNO. The van der Waals surface area contributed by atoms with Crippen molar-refractivity contribution in [3.8, 4) is 0 Å². The Labute approximate surface area is 108 Å². The molecule has 1 heterocycles. The van der Waals surface area contributed by atoms with Crippen molar-refractivity contribution in [1.82, 2.24) is 0 Å². The minimum Gasteiger partial charge on any atom is -0.393 e. The average Bonchev–Trinajstić information content (AvgIpc) is 2.56. The summed E-state index contributed by atoms with van der Waals surface area (Å²) in [6.45, 7) is 7.23. The van der Waals surface area contributed by atoms with E-state index < -0.39 is 0 Å². The van der Waals surface area contributed by atoms with Crippen LogP contribution in [0.5, 0.6) is 0 Å². The Morgan fingerprint density at radius 3 is 2.71 bits per heavy atom. The highest BCUT2D eigenvalue weighted by atomic mass is 35.5. The Kier molecular flexibility index (Phi) is 3.64. The zero-order valence-electron chi connectivity index (χ0n) is 10.7. The predicted molar refractivity (Wildman–Crippen MR) is 73.0 cm³/mol. The third kappa shape index (κ3) is 2.58. The Bertz CT molecular complexity index is 403. The molecule has 0 aliphatic carbocycles. The summed E-state index contributed by atoms with van der Waals surface area (Å²) in [6.07, 6.45) is 0.537. The second-order valence-electron chi connectivity index (χ2n) is 5.23. The number of anilines is 1. The van der Waals surface area contributed by atoms with Gasteiger partial charge in [0.1, 0.15) is 0 Å². The van der Waals surface area contributed by atoms with Gasteiger partial charge in [0.2, 0.25) is 0 Å². The molecule has 17 heavy (non-hydrogen) atoms. The number of aliphatic hydroxyl groups excluding tert-OH is 1. The van der Waals surface area contributed by atoms with Crippen molar-refractivity contribution in [1.29, 1.82) is 0 Å². The van der Waals surface area contributed by atoms with E-state index in [9.17, 15) is 5.11 Å². The van der Waals surface area contributed by atoms with Gasteiger partial charge in [0.05, 0.1) is 6.10 Å². The first-order chi connectivity index (χ1) is 7.99. The van der Waals surface area contributed by atoms with Crippen LogP contribution in [0.25, 0.3) is 0 Å². The fourth-order valence-electron chi connectivity index (χ4n) is 2.65. The van der Waals surface area contributed by atoms with Gasteiger partial charge in [-0.05, 0) is 51.0 Å². The number of aliphatic hydroxyl groups is 1. The number of benzene rings is 1. The lowest BCUT2D eigenvalue weighted by Gasteiger charge is -2.24. The highest BCUT2D eigenvalue weighted by Crippen LogP contribution is 2.40. The van der Waals surface area contributed by atoms with E-state index in [1.165, 1.54) is 11.3 Å². The average molecular weight is 254 g/mol. The Morgan fingerprint density at radius 1 is 1.41 bits per heavy atom.